The Balaban J connectivity index is 3.17. The molecule has 1 aromatic heterocycles. The summed E-state index contributed by atoms with van der Waals surface area (Å²) in [7, 11) is 0. The number of nitrogens with zero attached hydrogens (tertiary/aromatic N) is 1. The van der Waals surface area contributed by atoms with Crippen molar-refractivity contribution in [3.05, 3.63) is 29.6 Å². The summed E-state index contributed by atoms with van der Waals surface area (Å²) in [4.78, 5) is 3.18. The van der Waals surface area contributed by atoms with Crippen LogP contribution in [0, 0.1) is 11.6 Å². The highest BCUT2D eigenvalue weighted by atomic mass is 19.1. The summed E-state index contributed by atoms with van der Waals surface area (Å²) in [5.41, 5.74) is -0.560. The largest absolute Gasteiger partial charge is 0.259 e. The van der Waals surface area contributed by atoms with Crippen molar-refractivity contribution in [1.82, 2.24) is 4.98 Å². The number of alkyl halides is 1. The molecule has 0 amide bonds. The van der Waals surface area contributed by atoms with Gasteiger partial charge in [0.25, 0.3) is 0 Å². The molecule has 4 heteroatoms. The van der Waals surface area contributed by atoms with Crippen molar-refractivity contribution in [3.8, 4) is 0 Å². The fourth-order valence-corrected chi connectivity index (χ4v) is 0.566. The first-order chi connectivity index (χ1) is 4.75. The SMILES string of the molecule is FCc1c(F)cncc1F. The summed E-state index contributed by atoms with van der Waals surface area (Å²) in [6.45, 7) is -1.14. The molecule has 0 aromatic carbocycles. The Morgan fingerprint density at radius 1 is 1.20 bits per heavy atom. The van der Waals surface area contributed by atoms with Gasteiger partial charge in [0.15, 0.2) is 0 Å². The minimum Gasteiger partial charge on any atom is -0.259 e. The van der Waals surface area contributed by atoms with Crippen molar-refractivity contribution < 1.29 is 13.2 Å². The van der Waals surface area contributed by atoms with Gasteiger partial charge in [-0.3, -0.25) is 4.98 Å². The maximum Gasteiger partial charge on any atom is 0.150 e. The van der Waals surface area contributed by atoms with E-state index in [1.807, 2.05) is 0 Å². The third-order valence-corrected chi connectivity index (χ3v) is 1.09. The van der Waals surface area contributed by atoms with Gasteiger partial charge in [-0.2, -0.15) is 0 Å². The lowest BCUT2D eigenvalue weighted by molar-refractivity contribution is 0.437. The van der Waals surface area contributed by atoms with Gasteiger partial charge >= 0.3 is 0 Å². The number of hydrogen-bond acceptors (Lipinski definition) is 1. The van der Waals surface area contributed by atoms with Crippen LogP contribution >= 0.6 is 0 Å². The Morgan fingerprint density at radius 3 is 2.00 bits per heavy atom. The predicted molar refractivity (Wildman–Crippen MR) is 29.0 cm³/mol. The van der Waals surface area contributed by atoms with Crippen LogP contribution in [-0.4, -0.2) is 4.98 Å². The molecule has 0 bridgehead atoms. The van der Waals surface area contributed by atoms with Crippen LogP contribution in [0.5, 0.6) is 0 Å². The van der Waals surface area contributed by atoms with Gasteiger partial charge in [-0.05, 0) is 0 Å². The van der Waals surface area contributed by atoms with E-state index in [1.165, 1.54) is 0 Å². The lowest BCUT2D eigenvalue weighted by Crippen LogP contribution is -1.93. The summed E-state index contributed by atoms with van der Waals surface area (Å²) >= 11 is 0. The van der Waals surface area contributed by atoms with E-state index in [0.29, 0.717) is 0 Å². The number of hydrogen-bond donors (Lipinski definition) is 0. The predicted octanol–water partition coefficient (Wildman–Crippen LogP) is 1.83. The van der Waals surface area contributed by atoms with Crippen LogP contribution < -0.4 is 0 Å². The molecule has 0 radical (unpaired) electrons. The monoisotopic (exact) mass is 147 g/mol. The highest BCUT2D eigenvalue weighted by Crippen LogP contribution is 2.10. The maximum absolute atomic E-state index is 12.3. The van der Waals surface area contributed by atoms with Crippen LogP contribution in [0.3, 0.4) is 0 Å². The Hall–Kier alpha value is -1.06. The van der Waals surface area contributed by atoms with Crippen molar-refractivity contribution in [2.45, 2.75) is 6.67 Å². The fourth-order valence-electron chi connectivity index (χ4n) is 0.566. The fraction of sp³-hybridized carbons (Fsp3) is 0.167. The van der Waals surface area contributed by atoms with Crippen LogP contribution in [0.15, 0.2) is 12.4 Å². The Bertz CT molecular complexity index is 216. The Morgan fingerprint density at radius 2 is 1.70 bits per heavy atom. The summed E-state index contributed by atoms with van der Waals surface area (Å²) in [6, 6.07) is 0. The molecule has 0 spiro atoms. The standard InChI is InChI=1S/C6H4F3N/c7-1-4-5(8)2-10-3-6(4)9/h2-3H,1H2. The molecule has 0 fully saturated rings. The third-order valence-electron chi connectivity index (χ3n) is 1.09. The third kappa shape index (κ3) is 1.10. The number of aromatic nitrogens is 1. The van der Waals surface area contributed by atoms with E-state index in [2.05, 4.69) is 4.98 Å². The Labute approximate surface area is 55.5 Å². The first-order valence-corrected chi connectivity index (χ1v) is 2.59. The first kappa shape index (κ1) is 7.05. The molecule has 0 aliphatic carbocycles. The number of rotatable bonds is 1. The summed E-state index contributed by atoms with van der Waals surface area (Å²) < 4.78 is 36.4. The highest BCUT2D eigenvalue weighted by molar-refractivity contribution is 5.13. The summed E-state index contributed by atoms with van der Waals surface area (Å²) in [5.74, 6) is -1.88. The molecular weight excluding hydrogens is 143 g/mol. The Kier molecular flexibility index (Phi) is 1.89. The van der Waals surface area contributed by atoms with Gasteiger partial charge < -0.3 is 0 Å². The first-order valence-electron chi connectivity index (χ1n) is 2.59. The molecule has 0 saturated heterocycles. The quantitative estimate of drug-likeness (QED) is 0.590. The number of pyridine rings is 1. The molecule has 0 N–H and O–H groups in total. The van der Waals surface area contributed by atoms with Crippen molar-refractivity contribution in [2.24, 2.45) is 0 Å². The van der Waals surface area contributed by atoms with Crippen LogP contribution in [0.4, 0.5) is 13.2 Å². The molecule has 10 heavy (non-hydrogen) atoms. The molecule has 0 unspecified atom stereocenters. The molecule has 1 heterocycles. The second-order valence-corrected chi connectivity index (χ2v) is 1.72. The van der Waals surface area contributed by atoms with Crippen LogP contribution in [0.1, 0.15) is 5.56 Å². The molecule has 0 atom stereocenters. The topological polar surface area (TPSA) is 12.9 Å². The molecule has 0 saturated carbocycles. The van der Waals surface area contributed by atoms with Gasteiger partial charge in [0.05, 0.1) is 18.0 Å². The lowest BCUT2D eigenvalue weighted by Gasteiger charge is -1.95. The van der Waals surface area contributed by atoms with Gasteiger partial charge in [0, 0.05) is 0 Å². The highest BCUT2D eigenvalue weighted by Gasteiger charge is 2.06. The molecule has 0 aliphatic heterocycles. The smallest absolute Gasteiger partial charge is 0.150 e. The molecule has 54 valence electrons. The summed E-state index contributed by atoms with van der Waals surface area (Å²) in [6.07, 6.45) is 1.55. The van der Waals surface area contributed by atoms with E-state index in [9.17, 15) is 13.2 Å². The molecule has 1 nitrogen and oxygen atoms in total. The molecular formula is C6H4F3N. The second kappa shape index (κ2) is 2.68. The molecule has 0 aliphatic rings. The van der Waals surface area contributed by atoms with E-state index in [4.69, 9.17) is 0 Å². The van der Waals surface area contributed by atoms with Crippen molar-refractivity contribution in [1.29, 1.82) is 0 Å². The van der Waals surface area contributed by atoms with Crippen molar-refractivity contribution in [3.63, 3.8) is 0 Å². The number of halogens is 3. The van der Waals surface area contributed by atoms with E-state index in [-0.39, 0.29) is 0 Å². The molecule has 1 aromatic rings. The summed E-state index contributed by atoms with van der Waals surface area (Å²) in [5, 5.41) is 0. The molecule has 1 rings (SSSR count). The van der Waals surface area contributed by atoms with Gasteiger partial charge in [0.1, 0.15) is 18.3 Å². The maximum atomic E-state index is 12.3. The van der Waals surface area contributed by atoms with Gasteiger partial charge in [-0.25, -0.2) is 13.2 Å². The lowest BCUT2D eigenvalue weighted by atomic mass is 10.3. The van der Waals surface area contributed by atoms with Crippen LogP contribution in [-0.2, 0) is 6.67 Å². The average Bonchev–Trinajstić information content (AvgIpc) is 1.88. The van der Waals surface area contributed by atoms with Crippen LogP contribution in [0.25, 0.3) is 0 Å². The van der Waals surface area contributed by atoms with E-state index < -0.39 is 23.9 Å². The minimum absolute atomic E-state index is 0.560. The zero-order chi connectivity index (χ0) is 7.56. The second-order valence-electron chi connectivity index (χ2n) is 1.72. The van der Waals surface area contributed by atoms with Crippen molar-refractivity contribution in [2.75, 3.05) is 0 Å². The minimum atomic E-state index is -1.14. The van der Waals surface area contributed by atoms with E-state index in [0.717, 1.165) is 12.4 Å². The normalized spacial score (nSPS) is 9.90. The zero-order valence-corrected chi connectivity index (χ0v) is 4.94. The van der Waals surface area contributed by atoms with E-state index in [1.54, 1.807) is 0 Å². The van der Waals surface area contributed by atoms with Gasteiger partial charge in [-0.1, -0.05) is 0 Å². The average molecular weight is 147 g/mol. The van der Waals surface area contributed by atoms with Crippen molar-refractivity contribution >= 4 is 0 Å². The van der Waals surface area contributed by atoms with Crippen LogP contribution in [0.2, 0.25) is 0 Å². The van der Waals surface area contributed by atoms with E-state index >= 15 is 0 Å². The zero-order valence-electron chi connectivity index (χ0n) is 4.94. The van der Waals surface area contributed by atoms with Gasteiger partial charge in [-0.15, -0.1) is 0 Å². The van der Waals surface area contributed by atoms with Gasteiger partial charge in [0.2, 0.25) is 0 Å².